The summed E-state index contributed by atoms with van der Waals surface area (Å²) in [5.41, 5.74) is 0.880. The first kappa shape index (κ1) is 12.1. The monoisotopic (exact) mass is 237 g/mol. The van der Waals surface area contributed by atoms with Gasteiger partial charge in [-0.25, -0.2) is 4.98 Å². The first-order valence-electron chi connectivity index (χ1n) is 6.11. The van der Waals surface area contributed by atoms with Gasteiger partial charge in [0.1, 0.15) is 5.76 Å². The molecule has 1 aliphatic heterocycles. The van der Waals surface area contributed by atoms with E-state index in [4.69, 9.17) is 4.42 Å². The summed E-state index contributed by atoms with van der Waals surface area (Å²) in [5, 5.41) is 6.06. The van der Waals surface area contributed by atoms with E-state index in [9.17, 15) is 4.79 Å². The van der Waals surface area contributed by atoms with Gasteiger partial charge in [0, 0.05) is 0 Å². The smallest absolute Gasteiger partial charge is 0.237 e. The van der Waals surface area contributed by atoms with Crippen LogP contribution in [0.1, 0.15) is 36.6 Å². The highest BCUT2D eigenvalue weighted by atomic mass is 16.4. The van der Waals surface area contributed by atoms with Crippen LogP contribution in [0.15, 0.2) is 4.42 Å². The standard InChI is InChI=1S/C12H19N3O2/c1-8-9(2)17-11(15-8)7-14-12(16)10-5-3-4-6-13-10/h10,13H,3-7H2,1-2H3,(H,14,16). The van der Waals surface area contributed by atoms with Crippen molar-refractivity contribution in [2.24, 2.45) is 0 Å². The summed E-state index contributed by atoms with van der Waals surface area (Å²) in [7, 11) is 0. The van der Waals surface area contributed by atoms with E-state index in [-0.39, 0.29) is 11.9 Å². The molecular formula is C12H19N3O2. The number of carbonyl (C=O) groups excluding carboxylic acids is 1. The molecule has 1 fully saturated rings. The summed E-state index contributed by atoms with van der Waals surface area (Å²) in [6, 6.07) is -0.0547. The van der Waals surface area contributed by atoms with Crippen LogP contribution >= 0.6 is 0 Å². The Morgan fingerprint density at radius 2 is 2.35 bits per heavy atom. The Morgan fingerprint density at radius 3 is 2.94 bits per heavy atom. The maximum absolute atomic E-state index is 11.8. The Bertz CT molecular complexity index is 375. The summed E-state index contributed by atoms with van der Waals surface area (Å²) in [6.07, 6.45) is 3.18. The van der Waals surface area contributed by atoms with Crippen molar-refractivity contribution < 1.29 is 9.21 Å². The van der Waals surface area contributed by atoms with Gasteiger partial charge in [0.2, 0.25) is 11.8 Å². The molecular weight excluding hydrogens is 218 g/mol. The van der Waals surface area contributed by atoms with E-state index in [1.165, 1.54) is 0 Å². The van der Waals surface area contributed by atoms with E-state index < -0.39 is 0 Å². The molecule has 2 N–H and O–H groups in total. The van der Waals surface area contributed by atoms with Gasteiger partial charge in [0.25, 0.3) is 0 Å². The molecule has 5 nitrogen and oxygen atoms in total. The number of piperidine rings is 1. The molecule has 1 saturated heterocycles. The highest BCUT2D eigenvalue weighted by Gasteiger charge is 2.20. The minimum atomic E-state index is -0.0547. The maximum atomic E-state index is 11.8. The van der Waals surface area contributed by atoms with Crippen molar-refractivity contribution in [3.8, 4) is 0 Å². The second-order valence-electron chi connectivity index (χ2n) is 4.47. The predicted octanol–water partition coefficient (Wildman–Crippen LogP) is 1.05. The molecule has 1 aromatic heterocycles. The number of oxazole rings is 1. The average molecular weight is 237 g/mol. The summed E-state index contributed by atoms with van der Waals surface area (Å²) in [4.78, 5) is 16.0. The SMILES string of the molecule is Cc1nc(CNC(=O)C2CCCCN2)oc1C. The fraction of sp³-hybridized carbons (Fsp3) is 0.667. The van der Waals surface area contributed by atoms with E-state index in [1.54, 1.807) is 0 Å². The normalized spacial score (nSPS) is 20.2. The fourth-order valence-corrected chi connectivity index (χ4v) is 1.98. The molecule has 1 unspecified atom stereocenters. The fourth-order valence-electron chi connectivity index (χ4n) is 1.98. The molecule has 1 amide bonds. The van der Waals surface area contributed by atoms with Crippen molar-refractivity contribution in [1.29, 1.82) is 0 Å². The van der Waals surface area contributed by atoms with Crippen LogP contribution in [-0.4, -0.2) is 23.5 Å². The number of carbonyl (C=O) groups is 1. The molecule has 1 aromatic rings. The Labute approximate surface area is 101 Å². The van der Waals surface area contributed by atoms with E-state index in [2.05, 4.69) is 15.6 Å². The van der Waals surface area contributed by atoms with E-state index in [0.717, 1.165) is 37.3 Å². The molecule has 1 aliphatic rings. The Balaban J connectivity index is 1.83. The van der Waals surface area contributed by atoms with Crippen molar-refractivity contribution in [1.82, 2.24) is 15.6 Å². The zero-order valence-electron chi connectivity index (χ0n) is 10.4. The lowest BCUT2D eigenvalue weighted by molar-refractivity contribution is -0.123. The van der Waals surface area contributed by atoms with Gasteiger partial charge in [-0.1, -0.05) is 6.42 Å². The largest absolute Gasteiger partial charge is 0.444 e. The van der Waals surface area contributed by atoms with Gasteiger partial charge in [-0.05, 0) is 33.2 Å². The minimum absolute atomic E-state index is 0.0400. The summed E-state index contributed by atoms with van der Waals surface area (Å²) in [5.74, 6) is 1.42. The second-order valence-corrected chi connectivity index (χ2v) is 4.47. The number of hydrogen-bond acceptors (Lipinski definition) is 4. The van der Waals surface area contributed by atoms with Crippen LogP contribution < -0.4 is 10.6 Å². The van der Waals surface area contributed by atoms with Crippen molar-refractivity contribution in [3.05, 3.63) is 17.3 Å². The van der Waals surface area contributed by atoms with Crippen molar-refractivity contribution in [2.75, 3.05) is 6.54 Å². The predicted molar refractivity (Wildman–Crippen MR) is 63.5 cm³/mol. The molecule has 0 aromatic carbocycles. The van der Waals surface area contributed by atoms with Crippen LogP contribution in [0.5, 0.6) is 0 Å². The van der Waals surface area contributed by atoms with Gasteiger partial charge in [-0.2, -0.15) is 0 Å². The van der Waals surface area contributed by atoms with Crippen molar-refractivity contribution in [2.45, 2.75) is 45.7 Å². The third kappa shape index (κ3) is 3.06. The first-order chi connectivity index (χ1) is 8.16. The molecule has 0 radical (unpaired) electrons. The number of rotatable bonds is 3. The van der Waals surface area contributed by atoms with Crippen LogP contribution in [0.4, 0.5) is 0 Å². The highest BCUT2D eigenvalue weighted by molar-refractivity contribution is 5.81. The van der Waals surface area contributed by atoms with Gasteiger partial charge in [-0.3, -0.25) is 4.79 Å². The van der Waals surface area contributed by atoms with Gasteiger partial charge in [0.05, 0.1) is 18.3 Å². The van der Waals surface area contributed by atoms with Gasteiger partial charge >= 0.3 is 0 Å². The zero-order valence-corrected chi connectivity index (χ0v) is 10.4. The molecule has 0 aliphatic carbocycles. The second kappa shape index (κ2) is 5.31. The third-order valence-electron chi connectivity index (χ3n) is 3.11. The topological polar surface area (TPSA) is 67.2 Å². The van der Waals surface area contributed by atoms with E-state index >= 15 is 0 Å². The summed E-state index contributed by atoms with van der Waals surface area (Å²) >= 11 is 0. The molecule has 17 heavy (non-hydrogen) atoms. The minimum Gasteiger partial charge on any atom is -0.444 e. The lowest BCUT2D eigenvalue weighted by atomic mass is 10.0. The van der Waals surface area contributed by atoms with E-state index in [1.807, 2.05) is 13.8 Å². The molecule has 0 bridgehead atoms. The maximum Gasteiger partial charge on any atom is 0.237 e. The van der Waals surface area contributed by atoms with Crippen LogP contribution in [-0.2, 0) is 11.3 Å². The molecule has 2 heterocycles. The van der Waals surface area contributed by atoms with Gasteiger partial charge in [0.15, 0.2) is 0 Å². The molecule has 94 valence electrons. The molecule has 5 heteroatoms. The zero-order chi connectivity index (χ0) is 12.3. The van der Waals surface area contributed by atoms with Crippen LogP contribution in [0.3, 0.4) is 0 Å². The molecule has 0 saturated carbocycles. The van der Waals surface area contributed by atoms with Crippen LogP contribution in [0, 0.1) is 13.8 Å². The van der Waals surface area contributed by atoms with Crippen molar-refractivity contribution >= 4 is 5.91 Å². The summed E-state index contributed by atoms with van der Waals surface area (Å²) < 4.78 is 5.41. The molecule has 2 rings (SSSR count). The highest BCUT2D eigenvalue weighted by Crippen LogP contribution is 2.09. The first-order valence-corrected chi connectivity index (χ1v) is 6.11. The Hall–Kier alpha value is -1.36. The number of nitrogens with zero attached hydrogens (tertiary/aromatic N) is 1. The Morgan fingerprint density at radius 1 is 1.53 bits per heavy atom. The van der Waals surface area contributed by atoms with Gasteiger partial charge in [-0.15, -0.1) is 0 Å². The lowest BCUT2D eigenvalue weighted by Gasteiger charge is -2.22. The van der Waals surface area contributed by atoms with Crippen LogP contribution in [0.25, 0.3) is 0 Å². The molecule has 1 atom stereocenters. The molecule has 0 spiro atoms. The number of aromatic nitrogens is 1. The third-order valence-corrected chi connectivity index (χ3v) is 3.11. The lowest BCUT2D eigenvalue weighted by Crippen LogP contribution is -2.46. The number of amides is 1. The Kier molecular flexibility index (Phi) is 3.78. The van der Waals surface area contributed by atoms with E-state index in [0.29, 0.717) is 12.4 Å². The summed E-state index contributed by atoms with van der Waals surface area (Å²) in [6.45, 7) is 5.06. The van der Waals surface area contributed by atoms with Gasteiger partial charge < -0.3 is 15.1 Å². The quantitative estimate of drug-likeness (QED) is 0.824. The average Bonchev–Trinajstić information content (AvgIpc) is 2.67. The number of hydrogen-bond donors (Lipinski definition) is 2. The number of nitrogens with one attached hydrogen (secondary N) is 2. The number of aryl methyl sites for hydroxylation is 2. The van der Waals surface area contributed by atoms with Crippen molar-refractivity contribution in [3.63, 3.8) is 0 Å². The van der Waals surface area contributed by atoms with Crippen LogP contribution in [0.2, 0.25) is 0 Å².